The van der Waals surface area contributed by atoms with Gasteiger partial charge in [-0.15, -0.1) is 0 Å². The first-order valence-electron chi connectivity index (χ1n) is 4.20. The minimum absolute atomic E-state index is 0.0166. The van der Waals surface area contributed by atoms with Crippen LogP contribution in [0.4, 0.5) is 4.79 Å². The fourth-order valence-electron chi connectivity index (χ4n) is 1.44. The van der Waals surface area contributed by atoms with Gasteiger partial charge in [-0.2, -0.15) is 5.26 Å². The highest BCUT2D eigenvalue weighted by atomic mass is 16.6. The van der Waals surface area contributed by atoms with Gasteiger partial charge in [0.15, 0.2) is 0 Å². The maximum Gasteiger partial charge on any atom is 0.407 e. The van der Waals surface area contributed by atoms with Crippen molar-refractivity contribution in [1.29, 1.82) is 5.26 Å². The Morgan fingerprint density at radius 2 is 2.53 bits per heavy atom. The van der Waals surface area contributed by atoms with E-state index in [1.54, 1.807) is 0 Å². The lowest BCUT2D eigenvalue weighted by atomic mass is 9.88. The molecule has 1 atom stereocenters. The lowest BCUT2D eigenvalue weighted by Gasteiger charge is -2.16. The lowest BCUT2D eigenvalue weighted by Crippen LogP contribution is -2.34. The van der Waals surface area contributed by atoms with Crippen LogP contribution in [0.25, 0.3) is 0 Å². The van der Waals surface area contributed by atoms with Crippen LogP contribution >= 0.6 is 0 Å². The van der Waals surface area contributed by atoms with Crippen molar-refractivity contribution in [2.75, 3.05) is 26.8 Å². The highest BCUT2D eigenvalue weighted by Gasteiger charge is 2.46. The minimum Gasteiger partial charge on any atom is -0.465 e. The van der Waals surface area contributed by atoms with Crippen LogP contribution in [0.3, 0.4) is 0 Å². The Morgan fingerprint density at radius 3 is 2.93 bits per heavy atom. The molecule has 1 aliphatic heterocycles. The van der Waals surface area contributed by atoms with Crippen molar-refractivity contribution in [2.45, 2.75) is 0 Å². The van der Waals surface area contributed by atoms with E-state index in [-0.39, 0.29) is 18.8 Å². The quantitative estimate of drug-likeness (QED) is 0.600. The number of likely N-dealkylation sites (tertiary alicyclic amines) is 1. The number of carbonyl (C=O) groups is 1. The molecule has 1 fully saturated rings. The third kappa shape index (κ3) is 1.85. The zero-order valence-corrected chi connectivity index (χ0v) is 8.17. The van der Waals surface area contributed by atoms with E-state index in [0.29, 0.717) is 0 Å². The van der Waals surface area contributed by atoms with E-state index in [9.17, 15) is 4.79 Å². The maximum atomic E-state index is 10.7. The Labute approximate surface area is 86.2 Å². The SMILES string of the molecule is CON=C1CN(C(=O)O)CC1(C#N)CO. The van der Waals surface area contributed by atoms with Gasteiger partial charge in [-0.25, -0.2) is 4.79 Å². The second-order valence-corrected chi connectivity index (χ2v) is 3.21. The molecule has 2 N–H and O–H groups in total. The summed E-state index contributed by atoms with van der Waals surface area (Å²) in [7, 11) is 1.30. The predicted molar refractivity (Wildman–Crippen MR) is 49.2 cm³/mol. The van der Waals surface area contributed by atoms with Crippen molar-refractivity contribution < 1.29 is 19.8 Å². The number of rotatable bonds is 2. The molecule has 82 valence electrons. The van der Waals surface area contributed by atoms with E-state index in [0.717, 1.165) is 4.90 Å². The fraction of sp³-hybridized carbons (Fsp3) is 0.625. The van der Waals surface area contributed by atoms with Gasteiger partial charge < -0.3 is 20.0 Å². The van der Waals surface area contributed by atoms with Crippen LogP contribution < -0.4 is 0 Å². The van der Waals surface area contributed by atoms with Gasteiger partial charge in [0.1, 0.15) is 18.2 Å². The van der Waals surface area contributed by atoms with Gasteiger partial charge in [-0.1, -0.05) is 5.16 Å². The van der Waals surface area contributed by atoms with Crippen molar-refractivity contribution in [3.05, 3.63) is 0 Å². The fourth-order valence-corrected chi connectivity index (χ4v) is 1.44. The Bertz CT molecular complexity index is 335. The molecule has 0 radical (unpaired) electrons. The average Bonchev–Trinajstić information content (AvgIpc) is 2.58. The highest BCUT2D eigenvalue weighted by Crippen LogP contribution is 2.27. The number of hydrogen-bond donors (Lipinski definition) is 2. The van der Waals surface area contributed by atoms with E-state index < -0.39 is 18.1 Å². The molecule has 15 heavy (non-hydrogen) atoms. The van der Waals surface area contributed by atoms with Gasteiger partial charge >= 0.3 is 6.09 Å². The number of nitriles is 1. The van der Waals surface area contributed by atoms with Gasteiger partial charge in [-0.05, 0) is 0 Å². The van der Waals surface area contributed by atoms with Crippen molar-refractivity contribution in [2.24, 2.45) is 10.6 Å². The van der Waals surface area contributed by atoms with Gasteiger partial charge in [0.2, 0.25) is 0 Å². The van der Waals surface area contributed by atoms with Crippen LogP contribution in [-0.2, 0) is 4.84 Å². The summed E-state index contributed by atoms with van der Waals surface area (Å²) >= 11 is 0. The largest absolute Gasteiger partial charge is 0.465 e. The average molecular weight is 213 g/mol. The summed E-state index contributed by atoms with van der Waals surface area (Å²) in [6.45, 7) is -0.579. The van der Waals surface area contributed by atoms with Crippen LogP contribution in [0.1, 0.15) is 0 Å². The number of oxime groups is 1. The molecule has 0 spiro atoms. The van der Waals surface area contributed by atoms with E-state index in [1.165, 1.54) is 7.11 Å². The van der Waals surface area contributed by atoms with Crippen molar-refractivity contribution in [3.8, 4) is 6.07 Å². The third-order valence-electron chi connectivity index (χ3n) is 2.31. The minimum atomic E-state index is -1.27. The Morgan fingerprint density at radius 1 is 1.87 bits per heavy atom. The number of aliphatic hydroxyl groups excluding tert-OH is 1. The summed E-state index contributed by atoms with van der Waals surface area (Å²) in [6, 6.07) is 1.88. The molecule has 0 bridgehead atoms. The first-order valence-corrected chi connectivity index (χ1v) is 4.20. The van der Waals surface area contributed by atoms with E-state index in [1.807, 2.05) is 6.07 Å². The Hall–Kier alpha value is -1.81. The predicted octanol–water partition coefficient (Wildman–Crippen LogP) is -0.515. The summed E-state index contributed by atoms with van der Waals surface area (Å²) in [5.74, 6) is 0. The molecule has 1 heterocycles. The molecule has 0 aromatic rings. The summed E-state index contributed by atoms with van der Waals surface area (Å²) in [6.07, 6.45) is -1.15. The van der Waals surface area contributed by atoms with Crippen molar-refractivity contribution in [3.63, 3.8) is 0 Å². The van der Waals surface area contributed by atoms with Crippen LogP contribution in [0.5, 0.6) is 0 Å². The molecule has 1 rings (SSSR count). The second kappa shape index (κ2) is 4.14. The van der Waals surface area contributed by atoms with Crippen LogP contribution in [-0.4, -0.2) is 53.7 Å². The molecule has 1 unspecified atom stereocenters. The molecule has 7 heteroatoms. The van der Waals surface area contributed by atoms with Gasteiger partial charge in [0.25, 0.3) is 0 Å². The molecule has 1 saturated heterocycles. The summed E-state index contributed by atoms with van der Waals surface area (Å²) < 4.78 is 0. The molecular weight excluding hydrogens is 202 g/mol. The summed E-state index contributed by atoms with van der Waals surface area (Å²) in [5.41, 5.74) is -1.04. The van der Waals surface area contributed by atoms with Crippen LogP contribution in [0, 0.1) is 16.7 Å². The van der Waals surface area contributed by atoms with Gasteiger partial charge in [0, 0.05) is 0 Å². The Balaban J connectivity index is 3.01. The second-order valence-electron chi connectivity index (χ2n) is 3.21. The molecule has 7 nitrogen and oxygen atoms in total. The zero-order valence-electron chi connectivity index (χ0n) is 8.17. The molecule has 0 aliphatic carbocycles. The standard InChI is InChI=1S/C8H11N3O4/c1-15-10-6-2-11(7(13)14)4-8(6,3-9)5-12/h12H,2,4-5H2,1H3,(H,13,14). The van der Waals surface area contributed by atoms with E-state index >= 15 is 0 Å². The first kappa shape index (κ1) is 11.3. The monoisotopic (exact) mass is 213 g/mol. The van der Waals surface area contributed by atoms with E-state index in [4.69, 9.17) is 15.5 Å². The molecule has 0 aromatic heterocycles. The molecule has 0 aromatic carbocycles. The molecule has 0 saturated carbocycles. The van der Waals surface area contributed by atoms with Gasteiger partial charge in [-0.3, -0.25) is 0 Å². The summed E-state index contributed by atoms with van der Waals surface area (Å²) in [4.78, 5) is 16.2. The Kier molecular flexibility index (Phi) is 3.11. The number of amides is 1. The van der Waals surface area contributed by atoms with Gasteiger partial charge in [0.05, 0.1) is 25.8 Å². The zero-order chi connectivity index (χ0) is 11.5. The number of carboxylic acid groups (broad SMARTS) is 1. The van der Waals surface area contributed by atoms with Crippen molar-refractivity contribution >= 4 is 11.8 Å². The molecule has 1 amide bonds. The topological polar surface area (TPSA) is 106 Å². The molecular formula is C8H11N3O4. The third-order valence-corrected chi connectivity index (χ3v) is 2.31. The lowest BCUT2D eigenvalue weighted by molar-refractivity contribution is 0.143. The van der Waals surface area contributed by atoms with Crippen LogP contribution in [0.2, 0.25) is 0 Å². The molecule has 1 aliphatic rings. The first-order chi connectivity index (χ1) is 7.09. The summed E-state index contributed by atoms with van der Waals surface area (Å²) in [5, 5.41) is 30.4. The van der Waals surface area contributed by atoms with Crippen LogP contribution in [0.15, 0.2) is 5.16 Å². The normalized spacial score (nSPS) is 27.8. The van der Waals surface area contributed by atoms with Crippen molar-refractivity contribution in [1.82, 2.24) is 4.90 Å². The van der Waals surface area contributed by atoms with E-state index in [2.05, 4.69) is 9.99 Å². The highest BCUT2D eigenvalue weighted by molar-refractivity contribution is 5.98. The smallest absolute Gasteiger partial charge is 0.407 e. The number of nitrogens with zero attached hydrogens (tertiary/aromatic N) is 3. The number of hydrogen-bond acceptors (Lipinski definition) is 5. The maximum absolute atomic E-state index is 10.7. The number of aliphatic hydroxyl groups is 1.